The second kappa shape index (κ2) is 8.13. The van der Waals surface area contributed by atoms with Gasteiger partial charge in [-0.3, -0.25) is 4.79 Å². The van der Waals surface area contributed by atoms with Crippen LogP contribution in [0, 0.1) is 5.82 Å². The lowest BCUT2D eigenvalue weighted by molar-refractivity contribution is -0.115. The Morgan fingerprint density at radius 2 is 1.63 bits per heavy atom. The number of amides is 1. The zero-order valence-electron chi connectivity index (χ0n) is 14.5. The summed E-state index contributed by atoms with van der Waals surface area (Å²) in [7, 11) is -4.83. The average molecular weight is 415 g/mol. The largest absolute Gasteiger partial charge is 0.325 e. The molecule has 0 aliphatic carbocycles. The van der Waals surface area contributed by atoms with Crippen LogP contribution in [-0.2, 0) is 24.8 Å². The first-order valence-corrected chi connectivity index (χ1v) is 10.5. The molecule has 0 spiro atoms. The third-order valence-electron chi connectivity index (χ3n) is 3.45. The van der Waals surface area contributed by atoms with Crippen molar-refractivity contribution in [3.63, 3.8) is 0 Å². The molecule has 0 aliphatic rings. The third kappa shape index (κ3) is 5.32. The first-order valence-electron chi connectivity index (χ1n) is 7.60. The van der Waals surface area contributed by atoms with E-state index in [1.807, 2.05) is 0 Å². The normalized spacial score (nSPS) is 12.1. The Morgan fingerprint density at radius 1 is 1.00 bits per heavy atom. The number of nitrogens with one attached hydrogen (secondary N) is 2. The highest BCUT2D eigenvalue weighted by molar-refractivity contribution is 7.89. The van der Waals surface area contributed by atoms with E-state index in [1.165, 1.54) is 50.5 Å². The van der Waals surface area contributed by atoms with E-state index in [9.17, 15) is 26.0 Å². The van der Waals surface area contributed by atoms with Crippen LogP contribution < -0.4 is 10.0 Å². The molecule has 0 bridgehead atoms. The van der Waals surface area contributed by atoms with Gasteiger partial charge in [0.2, 0.25) is 26.0 Å². The van der Waals surface area contributed by atoms with E-state index in [1.54, 1.807) is 0 Å². The number of carbonyl (C=O) groups is 1. The molecule has 1 amide bonds. The summed E-state index contributed by atoms with van der Waals surface area (Å²) in [5.74, 6) is -1.38. The van der Waals surface area contributed by atoms with Crippen molar-refractivity contribution in [3.8, 4) is 0 Å². The highest BCUT2D eigenvalue weighted by atomic mass is 32.2. The van der Waals surface area contributed by atoms with Gasteiger partial charge < -0.3 is 5.32 Å². The molecule has 0 atom stereocenters. The van der Waals surface area contributed by atoms with E-state index in [0.717, 1.165) is 16.4 Å². The molecule has 0 aromatic heterocycles. The lowest BCUT2D eigenvalue weighted by Crippen LogP contribution is -2.33. The molecular weight excluding hydrogens is 397 g/mol. The number of halogens is 1. The maximum atomic E-state index is 13.1. The summed E-state index contributed by atoms with van der Waals surface area (Å²) in [6, 6.07) is 9.80. The van der Waals surface area contributed by atoms with E-state index < -0.39 is 38.3 Å². The van der Waals surface area contributed by atoms with Crippen LogP contribution in [0.25, 0.3) is 0 Å². The topological polar surface area (TPSA) is 113 Å². The van der Waals surface area contributed by atoms with Crippen LogP contribution in [0.1, 0.15) is 0 Å². The number of nitrogens with zero attached hydrogens (tertiary/aromatic N) is 1. The first-order chi connectivity index (χ1) is 12.5. The Morgan fingerprint density at radius 3 is 2.19 bits per heavy atom. The molecule has 0 fully saturated rings. The van der Waals surface area contributed by atoms with E-state index in [0.29, 0.717) is 5.69 Å². The van der Waals surface area contributed by atoms with Gasteiger partial charge in [0.05, 0.1) is 16.3 Å². The Bertz CT molecular complexity index is 1040. The Hall–Kier alpha value is -2.34. The van der Waals surface area contributed by atoms with Gasteiger partial charge in [0.1, 0.15) is 5.82 Å². The number of sulfonamides is 2. The van der Waals surface area contributed by atoms with E-state index in [2.05, 4.69) is 10.0 Å². The third-order valence-corrected chi connectivity index (χ3v) is 6.67. The Labute approximate surface area is 157 Å². The molecule has 2 aromatic rings. The molecule has 0 heterocycles. The molecule has 8 nitrogen and oxygen atoms in total. The van der Waals surface area contributed by atoms with Crippen molar-refractivity contribution < 1.29 is 26.0 Å². The van der Waals surface area contributed by atoms with Crippen LogP contribution in [0.3, 0.4) is 0 Å². The summed E-state index contributed by atoms with van der Waals surface area (Å²) < 4.78 is 64.3. The second-order valence-electron chi connectivity index (χ2n) is 5.64. The van der Waals surface area contributed by atoms with Crippen molar-refractivity contribution in [1.82, 2.24) is 9.03 Å². The Balaban J connectivity index is 2.00. The first kappa shape index (κ1) is 21.0. The molecule has 0 unspecified atom stereocenters. The summed E-state index contributed by atoms with van der Waals surface area (Å²) in [5, 5.41) is 2.44. The molecule has 2 rings (SSSR count). The van der Waals surface area contributed by atoms with Gasteiger partial charge in [-0.15, -0.1) is 0 Å². The summed E-state index contributed by atoms with van der Waals surface area (Å²) in [5.41, 5.74) is 0.294. The Kier molecular flexibility index (Phi) is 6.31. The van der Waals surface area contributed by atoms with Crippen molar-refractivity contribution >= 4 is 31.6 Å². The van der Waals surface area contributed by atoms with Crippen molar-refractivity contribution in [2.45, 2.75) is 9.79 Å². The fraction of sp³-hybridized carbons (Fsp3) is 0.188. The molecule has 2 aromatic carbocycles. The van der Waals surface area contributed by atoms with Crippen LogP contribution >= 0.6 is 0 Å². The minimum absolute atomic E-state index is 0.0531. The smallest absolute Gasteiger partial charge is 0.242 e. The van der Waals surface area contributed by atoms with Crippen LogP contribution in [0.15, 0.2) is 58.3 Å². The summed E-state index contributed by atoms with van der Waals surface area (Å²) >= 11 is 0. The molecule has 11 heteroatoms. The standard InChI is InChI=1S/C16H18FN3O5S2/c1-20(2)27(24,25)14-8-6-13(7-9-14)19-16(21)11-18-26(22,23)15-5-3-4-12(17)10-15/h3-10,18H,11H2,1-2H3,(H,19,21). The predicted octanol–water partition coefficient (Wildman–Crippen LogP) is 0.993. The second-order valence-corrected chi connectivity index (χ2v) is 9.56. The fourth-order valence-corrected chi connectivity index (χ4v) is 3.92. The molecular formula is C16H18FN3O5S2. The highest BCUT2D eigenvalue weighted by Gasteiger charge is 2.18. The van der Waals surface area contributed by atoms with Crippen molar-refractivity contribution in [2.24, 2.45) is 0 Å². The van der Waals surface area contributed by atoms with Crippen molar-refractivity contribution in [3.05, 3.63) is 54.3 Å². The van der Waals surface area contributed by atoms with Gasteiger partial charge in [-0.25, -0.2) is 30.3 Å². The van der Waals surface area contributed by atoms with Crippen LogP contribution in [0.2, 0.25) is 0 Å². The lowest BCUT2D eigenvalue weighted by Gasteiger charge is -2.12. The zero-order chi connectivity index (χ0) is 20.2. The van der Waals surface area contributed by atoms with E-state index in [4.69, 9.17) is 0 Å². The monoisotopic (exact) mass is 415 g/mol. The maximum absolute atomic E-state index is 13.1. The molecule has 146 valence electrons. The van der Waals surface area contributed by atoms with Crippen LogP contribution in [0.5, 0.6) is 0 Å². The van der Waals surface area contributed by atoms with Crippen molar-refractivity contribution in [2.75, 3.05) is 26.0 Å². The number of rotatable bonds is 7. The molecule has 2 N–H and O–H groups in total. The van der Waals surface area contributed by atoms with Gasteiger partial charge in [-0.1, -0.05) is 6.07 Å². The van der Waals surface area contributed by atoms with Crippen LogP contribution in [-0.4, -0.2) is 47.7 Å². The molecule has 0 saturated carbocycles. The van der Waals surface area contributed by atoms with Gasteiger partial charge in [-0.05, 0) is 42.5 Å². The minimum Gasteiger partial charge on any atom is -0.325 e. The quantitative estimate of drug-likeness (QED) is 0.700. The summed E-state index contributed by atoms with van der Waals surface area (Å²) in [4.78, 5) is 11.7. The number of hydrogen-bond acceptors (Lipinski definition) is 5. The van der Waals surface area contributed by atoms with E-state index >= 15 is 0 Å². The number of anilines is 1. The molecule has 0 radical (unpaired) electrons. The SMILES string of the molecule is CN(C)S(=O)(=O)c1ccc(NC(=O)CNS(=O)(=O)c2cccc(F)c2)cc1. The summed E-state index contributed by atoms with van der Waals surface area (Å²) in [6.45, 7) is -0.573. The maximum Gasteiger partial charge on any atom is 0.242 e. The highest BCUT2D eigenvalue weighted by Crippen LogP contribution is 2.16. The lowest BCUT2D eigenvalue weighted by atomic mass is 10.3. The van der Waals surface area contributed by atoms with E-state index in [-0.39, 0.29) is 9.79 Å². The van der Waals surface area contributed by atoms with Gasteiger partial charge in [0.25, 0.3) is 0 Å². The van der Waals surface area contributed by atoms with Crippen molar-refractivity contribution in [1.29, 1.82) is 0 Å². The molecule has 27 heavy (non-hydrogen) atoms. The number of benzene rings is 2. The zero-order valence-corrected chi connectivity index (χ0v) is 16.1. The minimum atomic E-state index is -4.04. The van der Waals surface area contributed by atoms with Gasteiger partial charge >= 0.3 is 0 Å². The molecule has 0 aliphatic heterocycles. The average Bonchev–Trinajstić information content (AvgIpc) is 2.60. The summed E-state index contributed by atoms with van der Waals surface area (Å²) in [6.07, 6.45) is 0. The predicted molar refractivity (Wildman–Crippen MR) is 97.5 cm³/mol. The van der Waals surface area contributed by atoms with Gasteiger partial charge in [0, 0.05) is 19.8 Å². The number of hydrogen-bond donors (Lipinski definition) is 2. The van der Waals surface area contributed by atoms with Gasteiger partial charge in [0.15, 0.2) is 0 Å². The number of carbonyl (C=O) groups excluding carboxylic acids is 1. The van der Waals surface area contributed by atoms with Gasteiger partial charge in [-0.2, -0.15) is 0 Å². The molecule has 0 saturated heterocycles. The fourth-order valence-electron chi connectivity index (χ4n) is 2.00. The van der Waals surface area contributed by atoms with Crippen LogP contribution in [0.4, 0.5) is 10.1 Å².